The van der Waals surface area contributed by atoms with Crippen molar-refractivity contribution < 1.29 is 23.0 Å². The third kappa shape index (κ3) is 6.52. The number of carbonyl (C=O) groups excluding carboxylic acids is 1. The predicted octanol–water partition coefficient (Wildman–Crippen LogP) is 7.40. The van der Waals surface area contributed by atoms with Crippen LogP contribution in [0, 0.1) is 18.1 Å². The molecule has 1 aliphatic carbocycles. The summed E-state index contributed by atoms with van der Waals surface area (Å²) in [5, 5.41) is 0. The summed E-state index contributed by atoms with van der Waals surface area (Å²) in [7, 11) is 0. The van der Waals surface area contributed by atoms with Crippen LogP contribution in [0.4, 0.5) is 8.78 Å². The minimum Gasteiger partial charge on any atom is -0.490 e. The van der Waals surface area contributed by atoms with Crippen molar-refractivity contribution >= 4 is 5.97 Å². The van der Waals surface area contributed by atoms with Crippen molar-refractivity contribution in [3.8, 4) is 11.5 Å². The molecule has 2 aromatic carbocycles. The molecule has 3 rings (SSSR count). The average molecular weight is 430 g/mol. The number of halogens is 2. The Hall–Kier alpha value is -2.43. The molecule has 0 amide bonds. The standard InChI is InChI=1S/C26H31F2O3/c1-2-3-4-5-9-18-30-23-17-16-22(24(27)25(23)28)26(29)31-21-14-12-20(13-15-21)19-10-7-6-8-11-19/h6,12-17,19H,2-5,7-11,18H2,1H3. The van der Waals surface area contributed by atoms with Gasteiger partial charge in [0.2, 0.25) is 5.82 Å². The fraction of sp³-hybridized carbons (Fsp3) is 0.462. The first-order valence-electron chi connectivity index (χ1n) is 11.3. The maximum Gasteiger partial charge on any atom is 0.346 e. The SMILES string of the molecule is CCCCCCCOc1ccc(C(=O)Oc2ccc(C3CC[CH]CC3)cc2)c(F)c1F. The molecule has 1 fully saturated rings. The van der Waals surface area contributed by atoms with E-state index in [0.717, 1.165) is 57.8 Å². The third-order valence-corrected chi connectivity index (χ3v) is 5.77. The second-order valence-corrected chi connectivity index (χ2v) is 8.10. The molecule has 0 N–H and O–H groups in total. The zero-order valence-corrected chi connectivity index (χ0v) is 18.2. The summed E-state index contributed by atoms with van der Waals surface area (Å²) in [4.78, 5) is 12.4. The molecule has 31 heavy (non-hydrogen) atoms. The minimum atomic E-state index is -1.25. The van der Waals surface area contributed by atoms with Gasteiger partial charge in [0.15, 0.2) is 11.6 Å². The minimum absolute atomic E-state index is 0.182. The first-order chi connectivity index (χ1) is 15.1. The summed E-state index contributed by atoms with van der Waals surface area (Å²) >= 11 is 0. The van der Waals surface area contributed by atoms with E-state index in [1.54, 1.807) is 12.1 Å². The molecule has 1 saturated carbocycles. The maximum atomic E-state index is 14.4. The Kier molecular flexibility index (Phi) is 8.86. The molecule has 1 radical (unpaired) electrons. The predicted molar refractivity (Wildman–Crippen MR) is 118 cm³/mol. The van der Waals surface area contributed by atoms with Crippen molar-refractivity contribution in [3.05, 3.63) is 65.6 Å². The van der Waals surface area contributed by atoms with E-state index in [0.29, 0.717) is 18.3 Å². The molecule has 0 bridgehead atoms. The second kappa shape index (κ2) is 11.8. The van der Waals surface area contributed by atoms with E-state index in [-0.39, 0.29) is 5.75 Å². The number of esters is 1. The molecule has 0 saturated heterocycles. The van der Waals surface area contributed by atoms with Gasteiger partial charge in [-0.15, -0.1) is 0 Å². The molecule has 2 aromatic rings. The lowest BCUT2D eigenvalue weighted by Gasteiger charge is -2.21. The van der Waals surface area contributed by atoms with E-state index in [1.807, 2.05) is 12.1 Å². The van der Waals surface area contributed by atoms with Gasteiger partial charge in [0.1, 0.15) is 5.75 Å². The van der Waals surface area contributed by atoms with Crippen LogP contribution in [-0.4, -0.2) is 12.6 Å². The summed E-state index contributed by atoms with van der Waals surface area (Å²) < 4.78 is 39.4. The highest BCUT2D eigenvalue weighted by molar-refractivity contribution is 5.91. The van der Waals surface area contributed by atoms with E-state index in [4.69, 9.17) is 9.47 Å². The van der Waals surface area contributed by atoms with E-state index >= 15 is 0 Å². The molecule has 0 aromatic heterocycles. The fourth-order valence-electron chi connectivity index (χ4n) is 3.92. The van der Waals surface area contributed by atoms with Gasteiger partial charge >= 0.3 is 5.97 Å². The highest BCUT2D eigenvalue weighted by Crippen LogP contribution is 2.33. The number of carbonyl (C=O) groups is 1. The van der Waals surface area contributed by atoms with Crippen LogP contribution in [0.25, 0.3) is 0 Å². The van der Waals surface area contributed by atoms with Crippen molar-refractivity contribution in [2.75, 3.05) is 6.61 Å². The molecule has 1 aliphatic rings. The van der Waals surface area contributed by atoms with Crippen LogP contribution in [0.2, 0.25) is 0 Å². The van der Waals surface area contributed by atoms with Gasteiger partial charge in [0.05, 0.1) is 12.2 Å². The highest BCUT2D eigenvalue weighted by atomic mass is 19.2. The molecule has 0 aliphatic heterocycles. The van der Waals surface area contributed by atoms with E-state index in [1.165, 1.54) is 17.7 Å². The monoisotopic (exact) mass is 429 g/mol. The molecular weight excluding hydrogens is 398 g/mol. The Labute approximate surface area is 183 Å². The normalized spacial score (nSPS) is 14.4. The molecule has 0 heterocycles. The van der Waals surface area contributed by atoms with Crippen LogP contribution in [0.1, 0.15) is 86.6 Å². The second-order valence-electron chi connectivity index (χ2n) is 8.10. The number of ether oxygens (including phenoxy) is 2. The quantitative estimate of drug-likeness (QED) is 0.224. The number of unbranched alkanes of at least 4 members (excludes halogenated alkanes) is 4. The molecule has 167 valence electrons. The Balaban J connectivity index is 1.56. The fourth-order valence-corrected chi connectivity index (χ4v) is 3.92. The van der Waals surface area contributed by atoms with Crippen LogP contribution in [-0.2, 0) is 0 Å². The van der Waals surface area contributed by atoms with Gasteiger partial charge in [-0.25, -0.2) is 9.18 Å². The molecule has 3 nitrogen and oxygen atoms in total. The van der Waals surface area contributed by atoms with Gasteiger partial charge < -0.3 is 9.47 Å². The Bertz CT molecular complexity index is 842. The first kappa shape index (κ1) is 23.2. The van der Waals surface area contributed by atoms with Gasteiger partial charge in [0.25, 0.3) is 0 Å². The van der Waals surface area contributed by atoms with Gasteiger partial charge in [-0.05, 0) is 74.3 Å². The Morgan fingerprint density at radius 2 is 1.65 bits per heavy atom. The lowest BCUT2D eigenvalue weighted by atomic mass is 9.84. The highest BCUT2D eigenvalue weighted by Gasteiger charge is 2.21. The van der Waals surface area contributed by atoms with Gasteiger partial charge in [-0.1, -0.05) is 44.7 Å². The summed E-state index contributed by atoms with van der Waals surface area (Å²) in [6.45, 7) is 2.45. The summed E-state index contributed by atoms with van der Waals surface area (Å²) in [6.07, 6.45) is 11.9. The zero-order valence-electron chi connectivity index (χ0n) is 18.2. The first-order valence-corrected chi connectivity index (χ1v) is 11.3. The molecule has 5 heteroatoms. The smallest absolute Gasteiger partial charge is 0.346 e. The summed E-state index contributed by atoms with van der Waals surface area (Å²) in [5.74, 6) is -2.69. The molecule has 0 unspecified atom stereocenters. The number of hydrogen-bond donors (Lipinski definition) is 0. The van der Waals surface area contributed by atoms with Crippen LogP contribution < -0.4 is 9.47 Å². The van der Waals surface area contributed by atoms with Crippen molar-refractivity contribution in [3.63, 3.8) is 0 Å². The van der Waals surface area contributed by atoms with E-state index in [2.05, 4.69) is 13.3 Å². The van der Waals surface area contributed by atoms with Crippen LogP contribution in [0.5, 0.6) is 11.5 Å². The topological polar surface area (TPSA) is 35.5 Å². The van der Waals surface area contributed by atoms with Gasteiger partial charge in [-0.2, -0.15) is 4.39 Å². The van der Waals surface area contributed by atoms with Crippen molar-refractivity contribution in [1.29, 1.82) is 0 Å². The largest absolute Gasteiger partial charge is 0.490 e. The zero-order chi connectivity index (χ0) is 22.1. The number of hydrogen-bond acceptors (Lipinski definition) is 3. The summed E-state index contributed by atoms with van der Waals surface area (Å²) in [5.41, 5.74) is 0.765. The van der Waals surface area contributed by atoms with Crippen molar-refractivity contribution in [2.45, 2.75) is 70.6 Å². The lowest BCUT2D eigenvalue weighted by molar-refractivity contribution is 0.0728. The molecule has 0 atom stereocenters. The van der Waals surface area contributed by atoms with Crippen LogP contribution >= 0.6 is 0 Å². The van der Waals surface area contributed by atoms with Crippen LogP contribution in [0.3, 0.4) is 0 Å². The van der Waals surface area contributed by atoms with Crippen LogP contribution in [0.15, 0.2) is 36.4 Å². The molecule has 0 spiro atoms. The van der Waals surface area contributed by atoms with E-state index < -0.39 is 23.2 Å². The molecular formula is C26H31F2O3. The third-order valence-electron chi connectivity index (χ3n) is 5.77. The average Bonchev–Trinajstić information content (AvgIpc) is 2.80. The number of benzene rings is 2. The maximum absolute atomic E-state index is 14.4. The Morgan fingerprint density at radius 3 is 2.35 bits per heavy atom. The Morgan fingerprint density at radius 1 is 0.935 bits per heavy atom. The summed E-state index contributed by atoms with van der Waals surface area (Å²) in [6, 6.07) is 9.77. The van der Waals surface area contributed by atoms with Gasteiger partial charge in [0, 0.05) is 0 Å². The number of rotatable bonds is 10. The van der Waals surface area contributed by atoms with Crippen molar-refractivity contribution in [1.82, 2.24) is 0 Å². The van der Waals surface area contributed by atoms with Crippen molar-refractivity contribution in [2.24, 2.45) is 0 Å². The lowest BCUT2D eigenvalue weighted by Crippen LogP contribution is -2.13. The van der Waals surface area contributed by atoms with E-state index in [9.17, 15) is 13.6 Å². The van der Waals surface area contributed by atoms with Gasteiger partial charge in [-0.3, -0.25) is 0 Å².